The molecular weight excluding hydrogens is 402 g/mol. The zero-order valence-corrected chi connectivity index (χ0v) is 17.9. The number of amides is 1. The smallest absolute Gasteiger partial charge is 0.232 e. The van der Waals surface area contributed by atoms with Crippen LogP contribution >= 0.6 is 11.6 Å². The fraction of sp³-hybridized carbons (Fsp3) is 0.348. The highest BCUT2D eigenvalue weighted by atomic mass is 35.5. The van der Waals surface area contributed by atoms with Gasteiger partial charge in [0.2, 0.25) is 17.6 Å². The number of unbranched alkanes of at least 4 members (excludes halogenated alkanes) is 1. The number of carbonyl (C=O) groups is 1. The van der Waals surface area contributed by atoms with E-state index in [2.05, 4.69) is 17.1 Å². The lowest BCUT2D eigenvalue weighted by Crippen LogP contribution is -2.25. The minimum atomic E-state index is -0.145. The molecule has 1 atom stereocenters. The van der Waals surface area contributed by atoms with Gasteiger partial charge in [0, 0.05) is 29.2 Å². The van der Waals surface area contributed by atoms with Gasteiger partial charge in [-0.2, -0.15) is 4.98 Å². The van der Waals surface area contributed by atoms with Gasteiger partial charge in [-0.25, -0.2) is 0 Å². The highest BCUT2D eigenvalue weighted by Crippen LogP contribution is 2.35. The second kappa shape index (κ2) is 8.88. The van der Waals surface area contributed by atoms with Crippen molar-refractivity contribution in [1.82, 2.24) is 10.1 Å². The van der Waals surface area contributed by atoms with Crippen LogP contribution in [0, 0.1) is 6.92 Å². The van der Waals surface area contributed by atoms with Crippen LogP contribution in [-0.2, 0) is 4.79 Å². The van der Waals surface area contributed by atoms with Crippen LogP contribution in [0.3, 0.4) is 0 Å². The Morgan fingerprint density at radius 2 is 2.03 bits per heavy atom. The highest BCUT2D eigenvalue weighted by Gasteiger charge is 2.36. The van der Waals surface area contributed by atoms with Gasteiger partial charge >= 0.3 is 0 Å². The summed E-state index contributed by atoms with van der Waals surface area (Å²) in [5.41, 5.74) is 2.56. The minimum Gasteiger partial charge on any atom is -0.494 e. The molecule has 1 amide bonds. The highest BCUT2D eigenvalue weighted by molar-refractivity contribution is 6.31. The lowest BCUT2D eigenvalue weighted by Gasteiger charge is -2.19. The van der Waals surface area contributed by atoms with Gasteiger partial charge < -0.3 is 14.2 Å². The third-order valence-electron chi connectivity index (χ3n) is 5.33. The summed E-state index contributed by atoms with van der Waals surface area (Å²) in [5, 5.41) is 4.76. The zero-order valence-electron chi connectivity index (χ0n) is 17.1. The first-order valence-corrected chi connectivity index (χ1v) is 10.6. The molecule has 156 valence electrons. The Labute approximate surface area is 180 Å². The number of rotatable bonds is 7. The molecule has 1 aliphatic rings. The lowest BCUT2D eigenvalue weighted by molar-refractivity contribution is -0.117. The van der Waals surface area contributed by atoms with E-state index >= 15 is 0 Å². The van der Waals surface area contributed by atoms with E-state index in [4.69, 9.17) is 20.9 Å². The van der Waals surface area contributed by atoms with E-state index in [1.807, 2.05) is 49.4 Å². The molecule has 1 saturated heterocycles. The maximum absolute atomic E-state index is 12.6. The van der Waals surface area contributed by atoms with Crippen LogP contribution in [0.1, 0.15) is 43.6 Å². The van der Waals surface area contributed by atoms with E-state index in [9.17, 15) is 4.79 Å². The van der Waals surface area contributed by atoms with Crippen molar-refractivity contribution < 1.29 is 14.1 Å². The summed E-state index contributed by atoms with van der Waals surface area (Å²) in [5.74, 6) is 1.69. The molecule has 6 nitrogen and oxygen atoms in total. The van der Waals surface area contributed by atoms with E-state index in [1.165, 1.54) is 0 Å². The number of ether oxygens (including phenoxy) is 1. The maximum Gasteiger partial charge on any atom is 0.232 e. The van der Waals surface area contributed by atoms with Gasteiger partial charge in [-0.1, -0.05) is 36.2 Å². The van der Waals surface area contributed by atoms with Crippen molar-refractivity contribution in [2.75, 3.05) is 18.1 Å². The van der Waals surface area contributed by atoms with Gasteiger partial charge in [-0.3, -0.25) is 4.79 Å². The molecule has 0 spiro atoms. The molecule has 2 aromatic carbocycles. The molecule has 1 aliphatic heterocycles. The van der Waals surface area contributed by atoms with E-state index in [0.29, 0.717) is 36.3 Å². The van der Waals surface area contributed by atoms with Crippen LogP contribution in [-0.4, -0.2) is 29.2 Å². The van der Waals surface area contributed by atoms with Crippen molar-refractivity contribution in [3.63, 3.8) is 0 Å². The van der Waals surface area contributed by atoms with E-state index in [0.717, 1.165) is 35.4 Å². The normalized spacial score (nSPS) is 16.3. The first-order valence-electron chi connectivity index (χ1n) is 10.2. The lowest BCUT2D eigenvalue weighted by atomic mass is 10.1. The summed E-state index contributed by atoms with van der Waals surface area (Å²) >= 11 is 6.22. The Morgan fingerprint density at radius 1 is 1.23 bits per heavy atom. The SMILES string of the molecule is CCCCOc1ccc(-c2noc(C3CC(=O)N(c4cccc(Cl)c4C)C3)n2)cc1. The largest absolute Gasteiger partial charge is 0.494 e. The van der Waals surface area contributed by atoms with Crippen molar-refractivity contribution in [1.29, 1.82) is 0 Å². The number of anilines is 1. The molecule has 3 aromatic rings. The maximum atomic E-state index is 12.6. The fourth-order valence-corrected chi connectivity index (χ4v) is 3.72. The van der Waals surface area contributed by atoms with Crippen molar-refractivity contribution in [3.05, 3.63) is 58.9 Å². The van der Waals surface area contributed by atoms with Crippen LogP contribution < -0.4 is 9.64 Å². The molecule has 0 N–H and O–H groups in total. The number of hydrogen-bond acceptors (Lipinski definition) is 5. The molecule has 30 heavy (non-hydrogen) atoms. The van der Waals surface area contributed by atoms with Crippen molar-refractivity contribution in [3.8, 4) is 17.1 Å². The third-order valence-corrected chi connectivity index (χ3v) is 5.73. The third kappa shape index (κ3) is 4.19. The van der Waals surface area contributed by atoms with Gasteiger partial charge in [0.15, 0.2) is 0 Å². The number of halogens is 1. The standard InChI is InChI=1S/C23H24ClN3O3/c1-3-4-12-29-18-10-8-16(9-11-18)22-25-23(30-26-22)17-13-21(28)27(14-17)20-7-5-6-19(24)15(20)2/h5-11,17H,3-4,12-14H2,1-2H3. The zero-order chi connectivity index (χ0) is 21.1. The summed E-state index contributed by atoms with van der Waals surface area (Å²) in [4.78, 5) is 18.9. The summed E-state index contributed by atoms with van der Waals surface area (Å²) < 4.78 is 11.2. The topological polar surface area (TPSA) is 68.5 Å². The van der Waals surface area contributed by atoms with Crippen LogP contribution in [0.5, 0.6) is 5.75 Å². The van der Waals surface area contributed by atoms with E-state index in [1.54, 1.807) is 4.90 Å². The molecule has 1 fully saturated rings. The predicted octanol–water partition coefficient (Wildman–Crippen LogP) is 5.40. The molecule has 4 rings (SSSR count). The van der Waals surface area contributed by atoms with Crippen molar-refractivity contribution in [2.24, 2.45) is 0 Å². The molecule has 0 radical (unpaired) electrons. The summed E-state index contributed by atoms with van der Waals surface area (Å²) in [7, 11) is 0. The number of carbonyl (C=O) groups excluding carboxylic acids is 1. The molecule has 0 bridgehead atoms. The predicted molar refractivity (Wildman–Crippen MR) is 116 cm³/mol. The van der Waals surface area contributed by atoms with Crippen LogP contribution in [0.2, 0.25) is 5.02 Å². The van der Waals surface area contributed by atoms with Crippen molar-refractivity contribution >= 4 is 23.2 Å². The summed E-state index contributed by atoms with van der Waals surface area (Å²) in [6.07, 6.45) is 2.46. The van der Waals surface area contributed by atoms with Gasteiger partial charge in [-0.05, 0) is 55.3 Å². The molecule has 7 heteroatoms. The number of hydrogen-bond donors (Lipinski definition) is 0. The van der Waals surface area contributed by atoms with Gasteiger partial charge in [0.25, 0.3) is 0 Å². The number of aromatic nitrogens is 2. The second-order valence-corrected chi connectivity index (χ2v) is 7.88. The Hall–Kier alpha value is -2.86. The molecule has 2 heterocycles. The molecule has 1 aromatic heterocycles. The second-order valence-electron chi connectivity index (χ2n) is 7.47. The Bertz CT molecular complexity index is 1030. The Kier molecular flexibility index (Phi) is 6.04. The number of nitrogens with zero attached hydrogens (tertiary/aromatic N) is 3. The fourth-order valence-electron chi connectivity index (χ4n) is 3.55. The average molecular weight is 426 g/mol. The monoisotopic (exact) mass is 425 g/mol. The quantitative estimate of drug-likeness (QED) is 0.474. The summed E-state index contributed by atoms with van der Waals surface area (Å²) in [6.45, 7) is 5.25. The Morgan fingerprint density at radius 3 is 2.80 bits per heavy atom. The van der Waals surface area contributed by atoms with Crippen LogP contribution in [0.25, 0.3) is 11.4 Å². The van der Waals surface area contributed by atoms with Gasteiger partial charge in [0.05, 0.1) is 12.5 Å². The minimum absolute atomic E-state index is 0.0266. The van der Waals surface area contributed by atoms with Gasteiger partial charge in [0.1, 0.15) is 5.75 Å². The average Bonchev–Trinajstić information content (AvgIpc) is 3.38. The van der Waals surface area contributed by atoms with Crippen LogP contribution in [0.15, 0.2) is 47.0 Å². The first-order chi connectivity index (χ1) is 14.6. The van der Waals surface area contributed by atoms with Gasteiger partial charge in [-0.15, -0.1) is 0 Å². The first kappa shape index (κ1) is 20.4. The number of benzene rings is 2. The molecular formula is C23H24ClN3O3. The molecule has 0 aliphatic carbocycles. The van der Waals surface area contributed by atoms with E-state index < -0.39 is 0 Å². The van der Waals surface area contributed by atoms with E-state index in [-0.39, 0.29) is 11.8 Å². The van der Waals surface area contributed by atoms with Crippen LogP contribution in [0.4, 0.5) is 5.69 Å². The summed E-state index contributed by atoms with van der Waals surface area (Å²) in [6, 6.07) is 13.2. The molecule has 1 unspecified atom stereocenters. The Balaban J connectivity index is 1.47. The molecule has 0 saturated carbocycles. The van der Waals surface area contributed by atoms with Crippen molar-refractivity contribution in [2.45, 2.75) is 39.0 Å².